The highest BCUT2D eigenvalue weighted by Gasteiger charge is 2.36. The van der Waals surface area contributed by atoms with Gasteiger partial charge in [0.2, 0.25) is 0 Å². The van der Waals surface area contributed by atoms with Crippen molar-refractivity contribution in [3.05, 3.63) is 49.1 Å². The first-order valence-corrected chi connectivity index (χ1v) is 12.6. The highest BCUT2D eigenvalue weighted by molar-refractivity contribution is 6.74. The summed E-state index contributed by atoms with van der Waals surface area (Å²) in [6, 6.07) is 7.16. The van der Waals surface area contributed by atoms with Gasteiger partial charge >= 0.3 is 0 Å². The average Bonchev–Trinajstić information content (AvgIpc) is 3.12. The van der Waals surface area contributed by atoms with Crippen LogP contribution in [0.1, 0.15) is 20.8 Å². The number of ether oxygens (including phenoxy) is 1. The second kappa shape index (κ2) is 8.34. The van der Waals surface area contributed by atoms with E-state index < -0.39 is 8.32 Å². The molecule has 0 aromatic carbocycles. The van der Waals surface area contributed by atoms with Crippen LogP contribution in [-0.2, 0) is 11.0 Å². The Kier molecular flexibility index (Phi) is 6.04. The zero-order valence-corrected chi connectivity index (χ0v) is 18.7. The Morgan fingerprint density at radius 1 is 1.07 bits per heavy atom. The van der Waals surface area contributed by atoms with E-state index in [1.165, 1.54) is 0 Å². The fourth-order valence-electron chi connectivity index (χ4n) is 2.45. The van der Waals surface area contributed by atoms with E-state index in [0.29, 0.717) is 30.5 Å². The van der Waals surface area contributed by atoms with Crippen LogP contribution in [0, 0.1) is 0 Å². The molecule has 0 saturated heterocycles. The molecule has 3 heterocycles. The Labute approximate surface area is 173 Å². The molecule has 8 heteroatoms. The quantitative estimate of drug-likeness (QED) is 0.565. The van der Waals surface area contributed by atoms with Gasteiger partial charge in [-0.1, -0.05) is 20.8 Å². The number of rotatable bonds is 7. The lowest BCUT2D eigenvalue weighted by atomic mass is 10.2. The Morgan fingerprint density at radius 2 is 1.86 bits per heavy atom. The summed E-state index contributed by atoms with van der Waals surface area (Å²) in [5.41, 5.74) is 7.33. The molecule has 3 rings (SSSR count). The van der Waals surface area contributed by atoms with Gasteiger partial charge in [0.15, 0.2) is 8.32 Å². The molecule has 0 radical (unpaired) electrons. The molecule has 0 aliphatic heterocycles. The summed E-state index contributed by atoms with van der Waals surface area (Å²) in [7, 11) is -1.75. The highest BCUT2D eigenvalue weighted by Crippen LogP contribution is 2.36. The lowest BCUT2D eigenvalue weighted by Gasteiger charge is -2.36. The number of aromatic nitrogens is 4. The third-order valence-electron chi connectivity index (χ3n) is 5.24. The summed E-state index contributed by atoms with van der Waals surface area (Å²) in [6.07, 6.45) is 7.10. The van der Waals surface area contributed by atoms with Crippen molar-refractivity contribution < 1.29 is 9.16 Å². The van der Waals surface area contributed by atoms with Gasteiger partial charge in [-0.05, 0) is 36.3 Å². The van der Waals surface area contributed by atoms with Crippen molar-refractivity contribution in [1.29, 1.82) is 0 Å². The van der Waals surface area contributed by atoms with E-state index in [0.717, 1.165) is 11.3 Å². The highest BCUT2D eigenvalue weighted by atomic mass is 28.4. The molecule has 0 atom stereocenters. The predicted molar refractivity (Wildman–Crippen MR) is 117 cm³/mol. The summed E-state index contributed by atoms with van der Waals surface area (Å²) in [5, 5.41) is 4.65. The lowest BCUT2D eigenvalue weighted by Crippen LogP contribution is -2.41. The van der Waals surface area contributed by atoms with Gasteiger partial charge in [0.1, 0.15) is 17.3 Å². The van der Waals surface area contributed by atoms with Crippen molar-refractivity contribution in [3.8, 4) is 22.8 Å². The molecule has 0 saturated carbocycles. The van der Waals surface area contributed by atoms with Crippen LogP contribution < -0.4 is 10.5 Å². The van der Waals surface area contributed by atoms with E-state index in [4.69, 9.17) is 14.9 Å². The second-order valence-electron chi connectivity index (χ2n) is 8.50. The first-order valence-electron chi connectivity index (χ1n) is 9.66. The number of hydrogen-bond acceptors (Lipinski definition) is 6. The van der Waals surface area contributed by atoms with Crippen LogP contribution >= 0.6 is 0 Å². The normalized spacial score (nSPS) is 12.2. The van der Waals surface area contributed by atoms with Gasteiger partial charge < -0.3 is 14.9 Å². The van der Waals surface area contributed by atoms with Crippen LogP contribution in [0.15, 0.2) is 49.1 Å². The molecule has 0 spiro atoms. The summed E-state index contributed by atoms with van der Waals surface area (Å²) in [5.74, 6) is 1.75. The topological polar surface area (TPSA) is 88.1 Å². The van der Waals surface area contributed by atoms with E-state index in [1.807, 2.05) is 23.1 Å². The zero-order chi connectivity index (χ0) is 21.1. The van der Waals surface area contributed by atoms with E-state index in [2.05, 4.69) is 48.9 Å². The van der Waals surface area contributed by atoms with Crippen LogP contribution in [0.5, 0.6) is 11.5 Å². The molecule has 0 fully saturated rings. The molecule has 2 N–H and O–H groups in total. The first-order chi connectivity index (χ1) is 13.6. The van der Waals surface area contributed by atoms with Gasteiger partial charge in [-0.2, -0.15) is 5.10 Å². The third-order valence-corrected chi connectivity index (χ3v) is 9.78. The van der Waals surface area contributed by atoms with Gasteiger partial charge in [0.05, 0.1) is 31.2 Å². The van der Waals surface area contributed by atoms with Gasteiger partial charge in [-0.3, -0.25) is 9.67 Å². The molecule has 154 valence electrons. The van der Waals surface area contributed by atoms with Crippen molar-refractivity contribution in [2.75, 3.05) is 12.3 Å². The number of nitrogens with zero attached hydrogens (tertiary/aromatic N) is 4. The zero-order valence-electron chi connectivity index (χ0n) is 17.7. The summed E-state index contributed by atoms with van der Waals surface area (Å²) >= 11 is 0. The van der Waals surface area contributed by atoms with E-state index in [9.17, 15) is 0 Å². The van der Waals surface area contributed by atoms with Crippen molar-refractivity contribution in [3.63, 3.8) is 0 Å². The van der Waals surface area contributed by atoms with Crippen molar-refractivity contribution >= 4 is 14.1 Å². The second-order valence-corrected chi connectivity index (χ2v) is 13.3. The smallest absolute Gasteiger partial charge is 0.192 e. The Morgan fingerprint density at radius 3 is 2.55 bits per heavy atom. The minimum atomic E-state index is -1.75. The molecule has 3 aromatic rings. The van der Waals surface area contributed by atoms with Gasteiger partial charge in [-0.25, -0.2) is 4.98 Å². The van der Waals surface area contributed by atoms with E-state index >= 15 is 0 Å². The largest absolute Gasteiger partial charge is 0.456 e. The van der Waals surface area contributed by atoms with Gasteiger partial charge in [0.25, 0.3) is 0 Å². The summed E-state index contributed by atoms with van der Waals surface area (Å²) in [6.45, 7) is 12.6. The molecule has 3 aromatic heterocycles. The van der Waals surface area contributed by atoms with Crippen molar-refractivity contribution in [1.82, 2.24) is 19.7 Å². The summed E-state index contributed by atoms with van der Waals surface area (Å²) < 4.78 is 14.0. The maximum atomic E-state index is 6.23. The lowest BCUT2D eigenvalue weighted by molar-refractivity contribution is 0.266. The Hall–Kier alpha value is -2.71. The monoisotopic (exact) mass is 411 g/mol. The Bertz CT molecular complexity index is 948. The third kappa shape index (κ3) is 5.42. The molecular weight excluding hydrogens is 382 g/mol. The maximum Gasteiger partial charge on any atom is 0.192 e. The van der Waals surface area contributed by atoms with Crippen LogP contribution in [0.25, 0.3) is 11.3 Å². The SMILES string of the molecule is CC(C)(C)[Si](C)(C)OCCn1cc(-c2cc(Oc3ccc(N)nc3)ccn2)cn1. The van der Waals surface area contributed by atoms with Crippen molar-refractivity contribution in [2.24, 2.45) is 0 Å². The van der Waals surface area contributed by atoms with Crippen LogP contribution in [0.3, 0.4) is 0 Å². The van der Waals surface area contributed by atoms with E-state index in [1.54, 1.807) is 30.6 Å². The van der Waals surface area contributed by atoms with Crippen molar-refractivity contribution in [2.45, 2.75) is 45.4 Å². The molecular formula is C21H29N5O2Si. The molecule has 7 nitrogen and oxygen atoms in total. The molecule has 0 aliphatic carbocycles. The fourth-order valence-corrected chi connectivity index (χ4v) is 3.48. The van der Waals surface area contributed by atoms with Crippen LogP contribution in [0.2, 0.25) is 18.1 Å². The molecule has 0 bridgehead atoms. The van der Waals surface area contributed by atoms with Crippen LogP contribution in [0.4, 0.5) is 5.82 Å². The Balaban J connectivity index is 1.63. The van der Waals surface area contributed by atoms with Gasteiger partial charge in [0, 0.05) is 24.0 Å². The van der Waals surface area contributed by atoms with E-state index in [-0.39, 0.29) is 5.04 Å². The molecule has 29 heavy (non-hydrogen) atoms. The number of anilines is 1. The minimum absolute atomic E-state index is 0.201. The minimum Gasteiger partial charge on any atom is -0.456 e. The number of nitrogen functional groups attached to an aromatic ring is 1. The number of pyridine rings is 2. The predicted octanol–water partition coefficient (Wildman–Crippen LogP) is 4.74. The molecule has 0 amide bonds. The fraction of sp³-hybridized carbons (Fsp3) is 0.381. The van der Waals surface area contributed by atoms with Crippen LogP contribution in [-0.4, -0.2) is 34.7 Å². The maximum absolute atomic E-state index is 6.23. The first kappa shape index (κ1) is 21.0. The average molecular weight is 412 g/mol. The standard InChI is InChI=1S/C21H29N5O2Si/c1-21(2,3)29(4,5)27-11-10-26-15-16(13-25-26)19-12-17(8-9-23-19)28-18-6-7-20(22)24-14-18/h6-9,12-15H,10-11H2,1-5H3,(H2,22,24). The molecule has 0 aliphatic rings. The number of hydrogen-bond donors (Lipinski definition) is 1. The van der Waals surface area contributed by atoms with Gasteiger partial charge in [-0.15, -0.1) is 0 Å². The number of nitrogens with two attached hydrogens (primary N) is 1. The summed E-state index contributed by atoms with van der Waals surface area (Å²) in [4.78, 5) is 8.47. The molecule has 0 unspecified atom stereocenters.